The number of benzene rings is 2. The van der Waals surface area contributed by atoms with Gasteiger partial charge in [0.2, 0.25) is 0 Å². The van der Waals surface area contributed by atoms with Crippen molar-refractivity contribution in [3.05, 3.63) is 53.6 Å². The number of para-hydroxylation sites is 1. The predicted molar refractivity (Wildman–Crippen MR) is 106 cm³/mol. The van der Waals surface area contributed by atoms with Crippen molar-refractivity contribution in [1.29, 1.82) is 0 Å². The van der Waals surface area contributed by atoms with Crippen LogP contribution in [-0.4, -0.2) is 40.1 Å². The van der Waals surface area contributed by atoms with Crippen molar-refractivity contribution in [3.63, 3.8) is 0 Å². The molecule has 2 N–H and O–H groups in total. The van der Waals surface area contributed by atoms with Crippen LogP contribution in [0.4, 0.5) is 5.69 Å². The number of nitrogens with two attached hydrogens (primary N) is 1. The maximum absolute atomic E-state index is 13.5. The number of rotatable bonds is 6. The lowest BCUT2D eigenvalue weighted by Crippen LogP contribution is -2.35. The fraction of sp³-hybridized carbons (Fsp3) is 0.300. The van der Waals surface area contributed by atoms with E-state index < -0.39 is 28.0 Å². The van der Waals surface area contributed by atoms with Crippen molar-refractivity contribution in [2.75, 3.05) is 18.0 Å². The minimum absolute atomic E-state index is 0.0252. The topological polar surface area (TPSA) is 116 Å². The molecule has 0 fully saturated rings. The van der Waals surface area contributed by atoms with Gasteiger partial charge < -0.3 is 15.2 Å². The number of anilines is 1. The number of hydrogen-bond acceptors (Lipinski definition) is 6. The molecule has 0 aromatic heterocycles. The number of esters is 1. The van der Waals surface area contributed by atoms with Crippen LogP contribution in [0.2, 0.25) is 0 Å². The third kappa shape index (κ3) is 4.04. The Hall–Kier alpha value is -3.07. The summed E-state index contributed by atoms with van der Waals surface area (Å²) in [6.07, 6.45) is 0.325. The molecular formula is C20H22N2O6S. The molecule has 1 heterocycles. The van der Waals surface area contributed by atoms with Gasteiger partial charge in [0.05, 0.1) is 18.4 Å². The van der Waals surface area contributed by atoms with E-state index in [0.717, 1.165) is 12.0 Å². The van der Waals surface area contributed by atoms with E-state index >= 15 is 0 Å². The molecule has 8 nitrogen and oxygen atoms in total. The van der Waals surface area contributed by atoms with Crippen molar-refractivity contribution < 1.29 is 27.5 Å². The van der Waals surface area contributed by atoms with Gasteiger partial charge in [-0.1, -0.05) is 18.2 Å². The van der Waals surface area contributed by atoms with Crippen molar-refractivity contribution in [3.8, 4) is 5.75 Å². The van der Waals surface area contributed by atoms with Gasteiger partial charge in [-0.05, 0) is 49.6 Å². The maximum atomic E-state index is 13.5. The first kappa shape index (κ1) is 20.7. The highest BCUT2D eigenvalue weighted by molar-refractivity contribution is 7.93. The van der Waals surface area contributed by atoms with Gasteiger partial charge in [-0.3, -0.25) is 9.10 Å². The van der Waals surface area contributed by atoms with Crippen molar-refractivity contribution in [1.82, 2.24) is 0 Å². The smallest absolute Gasteiger partial charge is 0.338 e. The van der Waals surface area contributed by atoms with Gasteiger partial charge in [0.15, 0.2) is 6.10 Å². The number of fused-ring (bicyclic) bond motifs is 1. The Labute approximate surface area is 169 Å². The third-order valence-electron chi connectivity index (χ3n) is 4.72. The van der Waals surface area contributed by atoms with Gasteiger partial charge in [-0.15, -0.1) is 0 Å². The highest BCUT2D eigenvalue weighted by Gasteiger charge is 2.32. The van der Waals surface area contributed by atoms with E-state index in [9.17, 15) is 18.0 Å². The average molecular weight is 418 g/mol. The van der Waals surface area contributed by atoms with Gasteiger partial charge in [-0.25, -0.2) is 13.2 Å². The Morgan fingerprint density at radius 1 is 1.17 bits per heavy atom. The highest BCUT2D eigenvalue weighted by atomic mass is 32.2. The van der Waals surface area contributed by atoms with E-state index in [1.54, 1.807) is 12.1 Å². The normalized spacial score (nSPS) is 14.6. The molecule has 2 aromatic rings. The van der Waals surface area contributed by atoms with Gasteiger partial charge in [0, 0.05) is 6.54 Å². The summed E-state index contributed by atoms with van der Waals surface area (Å²) >= 11 is 0. The Kier molecular flexibility index (Phi) is 5.78. The molecule has 1 aliphatic rings. The van der Waals surface area contributed by atoms with Crippen LogP contribution in [0.5, 0.6) is 5.75 Å². The fourth-order valence-corrected chi connectivity index (χ4v) is 4.88. The summed E-state index contributed by atoms with van der Waals surface area (Å²) in [5, 5.41) is 0. The van der Waals surface area contributed by atoms with Crippen molar-refractivity contribution >= 4 is 27.6 Å². The molecule has 29 heavy (non-hydrogen) atoms. The average Bonchev–Trinajstić information content (AvgIpc) is 2.72. The number of aryl methyl sites for hydroxylation is 1. The number of nitrogens with zero attached hydrogens (tertiary/aromatic N) is 1. The number of sulfonamides is 1. The molecule has 0 radical (unpaired) electrons. The highest BCUT2D eigenvalue weighted by Crippen LogP contribution is 2.35. The Morgan fingerprint density at radius 3 is 2.59 bits per heavy atom. The van der Waals surface area contributed by atoms with Crippen molar-refractivity contribution in [2.45, 2.75) is 30.8 Å². The van der Waals surface area contributed by atoms with Gasteiger partial charge in [-0.2, -0.15) is 0 Å². The quantitative estimate of drug-likeness (QED) is 0.716. The van der Waals surface area contributed by atoms with Gasteiger partial charge in [0.1, 0.15) is 10.6 Å². The monoisotopic (exact) mass is 418 g/mol. The summed E-state index contributed by atoms with van der Waals surface area (Å²) in [6, 6.07) is 11.3. The standard InChI is InChI=1S/C20H22N2O6S/c1-13(19(21)23)28-20(24)15-9-10-17(27-2)18(12-15)29(25,26)22-11-5-7-14-6-3-4-8-16(14)22/h3-4,6,8-10,12-13H,5,7,11H2,1-2H3,(H2,21,23)/t13-/m1/s1. The molecular weight excluding hydrogens is 396 g/mol. The predicted octanol–water partition coefficient (Wildman–Crippen LogP) is 1.87. The molecule has 1 amide bonds. The molecule has 3 rings (SSSR count). The number of ether oxygens (including phenoxy) is 2. The summed E-state index contributed by atoms with van der Waals surface area (Å²) < 4.78 is 38.4. The second-order valence-electron chi connectivity index (χ2n) is 6.62. The first-order valence-electron chi connectivity index (χ1n) is 9.04. The summed E-state index contributed by atoms with van der Waals surface area (Å²) in [5.41, 5.74) is 6.63. The zero-order valence-electron chi connectivity index (χ0n) is 16.1. The summed E-state index contributed by atoms with van der Waals surface area (Å²) in [5.74, 6) is -1.55. The lowest BCUT2D eigenvalue weighted by Gasteiger charge is -2.31. The van der Waals surface area contributed by atoms with Crippen LogP contribution in [0.15, 0.2) is 47.4 Å². The molecule has 0 aliphatic carbocycles. The number of carbonyl (C=O) groups is 2. The number of primary amides is 1. The van der Waals surface area contributed by atoms with E-state index in [1.807, 2.05) is 12.1 Å². The van der Waals surface area contributed by atoms with Crippen LogP contribution >= 0.6 is 0 Å². The van der Waals surface area contributed by atoms with Crippen LogP contribution < -0.4 is 14.8 Å². The van der Waals surface area contributed by atoms with Crippen LogP contribution in [0.1, 0.15) is 29.3 Å². The number of hydrogen-bond donors (Lipinski definition) is 1. The Balaban J connectivity index is 2.03. The lowest BCUT2D eigenvalue weighted by atomic mass is 10.0. The minimum Gasteiger partial charge on any atom is -0.495 e. The van der Waals surface area contributed by atoms with E-state index in [0.29, 0.717) is 18.7 Å². The lowest BCUT2D eigenvalue weighted by molar-refractivity contribution is -0.125. The molecule has 1 aliphatic heterocycles. The summed E-state index contributed by atoms with van der Waals surface area (Å²) in [7, 11) is -2.66. The Bertz CT molecular complexity index is 1050. The maximum Gasteiger partial charge on any atom is 0.338 e. The summed E-state index contributed by atoms with van der Waals surface area (Å²) in [4.78, 5) is 23.3. The summed E-state index contributed by atoms with van der Waals surface area (Å²) in [6.45, 7) is 1.65. The largest absolute Gasteiger partial charge is 0.495 e. The van der Waals surface area contributed by atoms with Crippen molar-refractivity contribution in [2.24, 2.45) is 5.73 Å². The minimum atomic E-state index is -4.01. The first-order chi connectivity index (χ1) is 13.8. The molecule has 0 bridgehead atoms. The van der Waals surface area contributed by atoms with Crippen LogP contribution in [0.25, 0.3) is 0 Å². The van der Waals surface area contributed by atoms with E-state index in [1.165, 1.54) is 36.5 Å². The van der Waals surface area contributed by atoms with Crippen LogP contribution in [0.3, 0.4) is 0 Å². The molecule has 154 valence electrons. The Morgan fingerprint density at radius 2 is 1.90 bits per heavy atom. The number of carbonyl (C=O) groups excluding carboxylic acids is 2. The third-order valence-corrected chi connectivity index (χ3v) is 6.55. The fourth-order valence-electron chi connectivity index (χ4n) is 3.16. The van der Waals surface area contributed by atoms with Gasteiger partial charge in [0.25, 0.3) is 15.9 Å². The van der Waals surface area contributed by atoms with Gasteiger partial charge >= 0.3 is 5.97 Å². The molecule has 0 spiro atoms. The molecule has 0 saturated heterocycles. The molecule has 1 atom stereocenters. The van der Waals surface area contributed by atoms with Crippen LogP contribution in [-0.2, 0) is 26.0 Å². The molecule has 2 aromatic carbocycles. The van der Waals surface area contributed by atoms with E-state index in [2.05, 4.69) is 0 Å². The molecule has 0 unspecified atom stereocenters. The zero-order chi connectivity index (χ0) is 21.2. The number of methoxy groups -OCH3 is 1. The second kappa shape index (κ2) is 8.12. The number of amides is 1. The van der Waals surface area contributed by atoms with E-state index in [4.69, 9.17) is 15.2 Å². The molecule has 0 saturated carbocycles. The SMILES string of the molecule is COc1ccc(C(=O)O[C@H](C)C(N)=O)cc1S(=O)(=O)N1CCCc2ccccc21. The molecule has 9 heteroatoms. The second-order valence-corrected chi connectivity index (χ2v) is 8.46. The van der Waals surface area contributed by atoms with E-state index in [-0.39, 0.29) is 16.2 Å². The van der Waals surface area contributed by atoms with Crippen LogP contribution in [0, 0.1) is 0 Å². The zero-order valence-corrected chi connectivity index (χ0v) is 16.9. The first-order valence-corrected chi connectivity index (χ1v) is 10.5.